The van der Waals surface area contributed by atoms with Crippen molar-refractivity contribution < 1.29 is 37.7 Å². The van der Waals surface area contributed by atoms with E-state index in [1.165, 1.54) is 6.20 Å². The lowest BCUT2D eigenvalue weighted by atomic mass is 9.70. The highest BCUT2D eigenvalue weighted by Crippen LogP contribution is 2.47. The number of nitrogens with zero attached hydrogens (tertiary/aromatic N) is 1. The van der Waals surface area contributed by atoms with E-state index in [1.807, 2.05) is 0 Å². The van der Waals surface area contributed by atoms with Gasteiger partial charge in [-0.3, -0.25) is 9.59 Å². The van der Waals surface area contributed by atoms with Crippen LogP contribution in [0.25, 0.3) is 0 Å². The summed E-state index contributed by atoms with van der Waals surface area (Å²) in [5.41, 5.74) is -0.190. The van der Waals surface area contributed by atoms with Gasteiger partial charge >= 0.3 is 11.9 Å². The van der Waals surface area contributed by atoms with Crippen molar-refractivity contribution in [3.05, 3.63) is 11.8 Å². The summed E-state index contributed by atoms with van der Waals surface area (Å²) in [5, 5.41) is 9.40. The maximum Gasteiger partial charge on any atom is 0.343 e. The van der Waals surface area contributed by atoms with Crippen molar-refractivity contribution in [3.63, 3.8) is 0 Å². The summed E-state index contributed by atoms with van der Waals surface area (Å²) in [6.07, 6.45) is -3.26. The molecule has 4 rings (SSSR count). The minimum Gasteiger partial charge on any atom is -0.481 e. The van der Waals surface area contributed by atoms with Gasteiger partial charge in [-0.2, -0.15) is 0 Å². The fraction of sp³-hybridized carbons (Fsp3) is 0.737. The Bertz CT molecular complexity index is 727. The molecular formula is C19H23F2NO6. The predicted molar refractivity (Wildman–Crippen MR) is 90.7 cm³/mol. The number of carbonyl (C=O) groups is 3. The molecule has 0 radical (unpaired) electrons. The molecule has 7 nitrogen and oxygen atoms in total. The smallest absolute Gasteiger partial charge is 0.343 e. The number of aliphatic carboxylic acids is 1. The van der Waals surface area contributed by atoms with Crippen LogP contribution in [0.4, 0.5) is 8.78 Å². The van der Waals surface area contributed by atoms with Crippen LogP contribution in [0.15, 0.2) is 11.8 Å². The van der Waals surface area contributed by atoms with Gasteiger partial charge in [0.25, 0.3) is 0 Å². The molecule has 8 atom stereocenters. The van der Waals surface area contributed by atoms with Crippen LogP contribution in [-0.2, 0) is 23.9 Å². The highest BCUT2D eigenvalue weighted by Gasteiger charge is 2.59. The fourth-order valence-corrected chi connectivity index (χ4v) is 5.13. The molecule has 9 heteroatoms. The number of hydrogen-bond donors (Lipinski definition) is 1. The third kappa shape index (κ3) is 2.91. The molecule has 28 heavy (non-hydrogen) atoms. The largest absolute Gasteiger partial charge is 0.481 e. The summed E-state index contributed by atoms with van der Waals surface area (Å²) >= 11 is 0. The first-order chi connectivity index (χ1) is 13.3. The average Bonchev–Trinajstić information content (AvgIpc) is 2.67. The van der Waals surface area contributed by atoms with E-state index in [0.717, 1.165) is 0 Å². The third-order valence-corrected chi connectivity index (χ3v) is 6.43. The van der Waals surface area contributed by atoms with Gasteiger partial charge in [0.15, 0.2) is 12.0 Å². The number of morpholine rings is 1. The van der Waals surface area contributed by atoms with Crippen LogP contribution in [0.5, 0.6) is 0 Å². The van der Waals surface area contributed by atoms with Gasteiger partial charge in [-0.1, -0.05) is 0 Å². The van der Waals surface area contributed by atoms with Crippen molar-refractivity contribution in [1.29, 1.82) is 0 Å². The lowest BCUT2D eigenvalue weighted by molar-refractivity contribution is -0.214. The van der Waals surface area contributed by atoms with Gasteiger partial charge in [0, 0.05) is 12.1 Å². The molecule has 0 aromatic heterocycles. The quantitative estimate of drug-likeness (QED) is 0.566. The molecule has 0 bridgehead atoms. The Labute approximate surface area is 160 Å². The average molecular weight is 399 g/mol. The van der Waals surface area contributed by atoms with Crippen LogP contribution >= 0.6 is 0 Å². The van der Waals surface area contributed by atoms with E-state index in [-0.39, 0.29) is 25.0 Å². The number of carbonyl (C=O) groups excluding carboxylic acids is 2. The SMILES string of the molecule is CCOC(=O)C1=CN2C3CC(C(=O)O)CCC3OC3C(F)C(F)CC(C1=O)C32. The molecular weight excluding hydrogens is 376 g/mol. The summed E-state index contributed by atoms with van der Waals surface area (Å²) in [6.45, 7) is 1.69. The van der Waals surface area contributed by atoms with Crippen LogP contribution in [0, 0.1) is 11.8 Å². The van der Waals surface area contributed by atoms with Crippen molar-refractivity contribution >= 4 is 17.7 Å². The third-order valence-electron chi connectivity index (χ3n) is 6.43. The van der Waals surface area contributed by atoms with E-state index in [9.17, 15) is 28.3 Å². The number of Topliss-reactive ketones (excluding diaryl/α,β-unsaturated/α-hetero) is 1. The number of halogens is 2. The molecule has 1 saturated heterocycles. The Morgan fingerprint density at radius 2 is 2.07 bits per heavy atom. The molecule has 3 fully saturated rings. The molecule has 0 aromatic rings. The Kier molecular flexibility index (Phi) is 4.89. The van der Waals surface area contributed by atoms with Gasteiger partial charge in [0.05, 0.1) is 30.7 Å². The van der Waals surface area contributed by atoms with Crippen molar-refractivity contribution in [2.24, 2.45) is 11.8 Å². The standard InChI is InChI=1S/C19H23F2NO6/c1-2-27-19(26)10-7-22-12-5-8(18(24)25)3-4-13(12)28-17-14(21)11(20)6-9(15(17)22)16(10)23/h7-9,11-15,17H,2-6H2,1H3,(H,24,25). The van der Waals surface area contributed by atoms with E-state index in [2.05, 4.69) is 0 Å². The number of fused-ring (bicyclic) bond motifs is 2. The van der Waals surface area contributed by atoms with Crippen molar-refractivity contribution in [3.8, 4) is 0 Å². The molecule has 8 unspecified atom stereocenters. The number of ketones is 1. The maximum atomic E-state index is 14.6. The molecule has 0 amide bonds. The first-order valence-corrected chi connectivity index (χ1v) is 9.70. The van der Waals surface area contributed by atoms with Gasteiger partial charge < -0.3 is 19.5 Å². The Morgan fingerprint density at radius 3 is 2.75 bits per heavy atom. The van der Waals surface area contributed by atoms with E-state index in [0.29, 0.717) is 12.8 Å². The minimum atomic E-state index is -1.87. The van der Waals surface area contributed by atoms with Crippen LogP contribution in [-0.4, -0.2) is 71.0 Å². The summed E-state index contributed by atoms with van der Waals surface area (Å²) in [5.74, 6) is -3.80. The van der Waals surface area contributed by atoms with Crippen LogP contribution in [0.2, 0.25) is 0 Å². The zero-order valence-electron chi connectivity index (χ0n) is 15.4. The van der Waals surface area contributed by atoms with Gasteiger partial charge in [0.1, 0.15) is 17.8 Å². The van der Waals surface area contributed by atoms with Gasteiger partial charge in [-0.25, -0.2) is 13.6 Å². The van der Waals surface area contributed by atoms with Crippen LogP contribution in [0.1, 0.15) is 32.6 Å². The monoisotopic (exact) mass is 399 g/mol. The molecule has 4 aliphatic rings. The summed E-state index contributed by atoms with van der Waals surface area (Å²) in [7, 11) is 0. The van der Waals surface area contributed by atoms with Crippen molar-refractivity contribution in [2.45, 2.75) is 69.2 Å². The second kappa shape index (κ2) is 7.09. The predicted octanol–water partition coefficient (Wildman–Crippen LogP) is 1.40. The molecule has 0 spiro atoms. The van der Waals surface area contributed by atoms with Crippen LogP contribution in [0.3, 0.4) is 0 Å². The Morgan fingerprint density at radius 1 is 1.32 bits per heavy atom. The molecule has 2 saturated carbocycles. The summed E-state index contributed by atoms with van der Waals surface area (Å²) < 4.78 is 39.8. The van der Waals surface area contributed by atoms with E-state index >= 15 is 0 Å². The number of ether oxygens (including phenoxy) is 2. The van der Waals surface area contributed by atoms with Crippen molar-refractivity contribution in [2.75, 3.05) is 6.61 Å². The number of alkyl halides is 2. The van der Waals surface area contributed by atoms with Gasteiger partial charge in [-0.15, -0.1) is 0 Å². The molecule has 154 valence electrons. The highest BCUT2D eigenvalue weighted by atomic mass is 19.2. The van der Waals surface area contributed by atoms with E-state index in [1.54, 1.807) is 11.8 Å². The highest BCUT2D eigenvalue weighted by molar-refractivity contribution is 6.18. The number of rotatable bonds is 3. The molecule has 2 aliphatic carbocycles. The molecule has 0 aromatic carbocycles. The van der Waals surface area contributed by atoms with Crippen LogP contribution < -0.4 is 0 Å². The van der Waals surface area contributed by atoms with Crippen molar-refractivity contribution in [1.82, 2.24) is 4.90 Å². The van der Waals surface area contributed by atoms with E-state index < -0.39 is 66.2 Å². The van der Waals surface area contributed by atoms with Gasteiger partial charge in [-0.05, 0) is 32.6 Å². The Hall–Kier alpha value is -2.03. The molecule has 2 heterocycles. The fourth-order valence-electron chi connectivity index (χ4n) is 5.13. The minimum absolute atomic E-state index is 0.0781. The lowest BCUT2D eigenvalue weighted by Gasteiger charge is -2.58. The number of carboxylic acid groups (broad SMARTS) is 1. The van der Waals surface area contributed by atoms with Gasteiger partial charge in [0.2, 0.25) is 0 Å². The van der Waals surface area contributed by atoms with E-state index in [4.69, 9.17) is 9.47 Å². The second-order valence-corrected chi connectivity index (χ2v) is 7.92. The molecule has 2 aliphatic heterocycles. The molecule has 1 N–H and O–H groups in total. The second-order valence-electron chi connectivity index (χ2n) is 7.92. The zero-order valence-corrected chi connectivity index (χ0v) is 15.4. The normalized spacial score (nSPS) is 42.2. The lowest BCUT2D eigenvalue weighted by Crippen LogP contribution is -2.70. The number of carboxylic acids is 1. The topological polar surface area (TPSA) is 93.1 Å². The number of hydrogen-bond acceptors (Lipinski definition) is 6. The summed E-state index contributed by atoms with van der Waals surface area (Å²) in [6, 6.07) is -1.17. The first kappa shape index (κ1) is 19.3. The summed E-state index contributed by atoms with van der Waals surface area (Å²) in [4.78, 5) is 38.3. The maximum absolute atomic E-state index is 14.6. The first-order valence-electron chi connectivity index (χ1n) is 9.70. The number of esters is 1. The Balaban J connectivity index is 1.74. The zero-order chi connectivity index (χ0) is 20.2.